The molecule has 12 nitrogen and oxygen atoms in total. The average Bonchev–Trinajstić information content (AvgIpc) is 4.16. The number of H-pyrrole nitrogens is 2. The number of nitrogens with zero attached hydrogens (tertiary/aromatic N) is 4. The zero-order chi connectivity index (χ0) is 55.0. The molecule has 0 spiro atoms. The molecule has 10 rings (SSSR count). The molecule has 2 atom stereocenters. The van der Waals surface area contributed by atoms with Crippen molar-refractivity contribution >= 4 is 45.8 Å². The third kappa shape index (κ3) is 12.6. The number of ether oxygens (including phenoxy) is 2. The first-order chi connectivity index (χ1) is 37.8. The summed E-state index contributed by atoms with van der Waals surface area (Å²) in [5, 5.41) is 23.0. The lowest BCUT2D eigenvalue weighted by Gasteiger charge is -2.43. The molecule has 0 bridgehead atoms. The van der Waals surface area contributed by atoms with Crippen molar-refractivity contribution in [1.82, 2.24) is 29.6 Å². The largest absolute Gasteiger partial charge is 0.497 e. The Kier molecular flexibility index (Phi) is 18.3. The fourth-order valence-electron chi connectivity index (χ4n) is 12.4. The fourth-order valence-corrected chi connectivity index (χ4v) is 12.4. The number of likely N-dealkylation sites (tertiary alicyclic amines) is 4. The predicted octanol–water partition coefficient (Wildman–Crippen LogP) is 10.2. The topological polar surface area (TPSA) is 138 Å². The number of methoxy groups -OCH3 is 2. The smallest absolute Gasteiger partial charge is 0.246 e. The van der Waals surface area contributed by atoms with Gasteiger partial charge in [-0.3, -0.25) is 19.4 Å². The van der Waals surface area contributed by atoms with Gasteiger partial charge in [-0.15, -0.1) is 0 Å². The number of rotatable bonds is 14. The van der Waals surface area contributed by atoms with Crippen molar-refractivity contribution in [2.45, 2.75) is 75.3 Å². The van der Waals surface area contributed by atoms with Crippen LogP contribution in [0.25, 0.3) is 34.0 Å². The molecule has 4 N–H and O–H groups in total. The number of benzene rings is 4. The summed E-state index contributed by atoms with van der Waals surface area (Å²) in [6.07, 6.45) is 16.5. The molecule has 4 fully saturated rings. The molecule has 18 heteroatoms. The second-order valence-corrected chi connectivity index (χ2v) is 21.0. The van der Waals surface area contributed by atoms with E-state index in [1.165, 1.54) is 46.2 Å². The summed E-state index contributed by atoms with van der Waals surface area (Å²) in [5.74, 6) is -5.59. The van der Waals surface area contributed by atoms with E-state index in [-0.39, 0.29) is 60.1 Å². The molecule has 4 aromatic carbocycles. The number of carbonyl (C=O) groups excluding carboxylic acids is 2. The molecule has 416 valence electrons. The lowest BCUT2D eigenvalue weighted by molar-refractivity contribution is -0.128. The van der Waals surface area contributed by atoms with Gasteiger partial charge in [0.25, 0.3) is 0 Å². The summed E-state index contributed by atoms with van der Waals surface area (Å²) in [5.41, 5.74) is 4.93. The van der Waals surface area contributed by atoms with Crippen molar-refractivity contribution in [2.75, 3.05) is 79.8 Å². The number of halogens is 6. The van der Waals surface area contributed by atoms with Crippen LogP contribution in [0.5, 0.6) is 11.5 Å². The van der Waals surface area contributed by atoms with Crippen LogP contribution in [0.15, 0.2) is 85.2 Å². The number of para-hydroxylation sites is 1. The molecule has 4 saturated heterocycles. The Balaban J connectivity index is 0.000000190. The van der Waals surface area contributed by atoms with Gasteiger partial charge in [0.2, 0.25) is 11.8 Å². The van der Waals surface area contributed by atoms with Gasteiger partial charge in [-0.2, -0.15) is 0 Å². The number of aliphatic hydroxyl groups excluding tert-OH is 2. The third-order valence-corrected chi connectivity index (χ3v) is 16.7. The summed E-state index contributed by atoms with van der Waals surface area (Å²) >= 11 is 0. The Morgan fingerprint density at radius 1 is 0.577 bits per heavy atom. The van der Waals surface area contributed by atoms with Crippen molar-refractivity contribution in [2.24, 2.45) is 11.8 Å². The number of nitrogens with one attached hydrogen (secondary N) is 2. The number of aliphatic hydroxyl groups is 2. The van der Waals surface area contributed by atoms with E-state index in [4.69, 9.17) is 9.47 Å². The van der Waals surface area contributed by atoms with Gasteiger partial charge < -0.3 is 39.5 Å². The van der Waals surface area contributed by atoms with Gasteiger partial charge in [0.05, 0.1) is 33.0 Å². The number of aromatic amines is 2. The molecule has 6 heterocycles. The number of hydrogen-bond donors (Lipinski definition) is 4. The summed E-state index contributed by atoms with van der Waals surface area (Å²) in [6.45, 7) is 5.97. The minimum absolute atomic E-state index is 0.0481. The standard InChI is InChI=1S/2C30H34F3N3O3/c1-39-22-3-4-23-24(17-34-27(23)16-22)20-6-10-35(11-7-20)28(18-37)21-8-12-36(13-9-21)29(38)5-2-19-14-25(31)30(33)26(32)15-19;1-39-27-4-2-3-22-23(17-34-30(22)27)20-7-11-35(12-8-20)26(18-37)21-9-13-36(14-10-21)28(38)6-5-19-15-24(31)29(33)25(32)16-19/h2-5,14-17,20-21,28,34,37H,6-13,18H2,1H3;2-6,15-17,20-21,26,34,37H,7-14,18H2,1H3/b5-2+;6-5+. The van der Waals surface area contributed by atoms with Crippen LogP contribution in [0, 0.1) is 46.7 Å². The zero-order valence-corrected chi connectivity index (χ0v) is 44.0. The highest BCUT2D eigenvalue weighted by Gasteiger charge is 2.36. The predicted molar refractivity (Wildman–Crippen MR) is 288 cm³/mol. The maximum Gasteiger partial charge on any atom is 0.246 e. The summed E-state index contributed by atoms with van der Waals surface area (Å²) in [6, 6.07) is 15.8. The average molecular weight is 1080 g/mol. The quantitative estimate of drug-likeness (QED) is 0.0481. The van der Waals surface area contributed by atoms with Crippen molar-refractivity contribution in [3.05, 3.63) is 142 Å². The van der Waals surface area contributed by atoms with Crippen molar-refractivity contribution in [3.63, 3.8) is 0 Å². The fraction of sp³-hybridized carbons (Fsp3) is 0.433. The van der Waals surface area contributed by atoms with E-state index in [0.29, 0.717) is 38.0 Å². The van der Waals surface area contributed by atoms with Crippen LogP contribution >= 0.6 is 0 Å². The molecule has 2 amide bonds. The molecule has 2 unspecified atom stereocenters. The number of aromatic nitrogens is 2. The van der Waals surface area contributed by atoms with Gasteiger partial charge in [0.15, 0.2) is 34.9 Å². The van der Waals surface area contributed by atoms with Crippen LogP contribution in [-0.4, -0.2) is 143 Å². The van der Waals surface area contributed by atoms with Crippen molar-refractivity contribution in [3.8, 4) is 11.5 Å². The second kappa shape index (κ2) is 25.5. The van der Waals surface area contributed by atoms with Gasteiger partial charge in [-0.25, -0.2) is 26.3 Å². The molecule has 78 heavy (non-hydrogen) atoms. The maximum absolute atomic E-state index is 13.4. The SMILES string of the molecule is COc1ccc2c(C3CCN(C(CO)C4CCN(C(=O)/C=C/c5cc(F)c(F)c(F)c5)CC4)CC3)c[nH]c2c1.COc1cccc2c(C3CCN(C(CO)C4CCN(C(=O)/C=C/c5cc(F)c(F)c(F)c5)CC4)CC3)c[nH]c12. The highest BCUT2D eigenvalue weighted by atomic mass is 19.2. The van der Waals surface area contributed by atoms with Crippen molar-refractivity contribution < 1.29 is 55.6 Å². The van der Waals surface area contributed by atoms with Gasteiger partial charge in [-0.1, -0.05) is 12.1 Å². The molecule has 0 saturated carbocycles. The Hall–Kier alpha value is -6.60. The molecule has 0 aliphatic carbocycles. The van der Waals surface area contributed by atoms with Gasteiger partial charge >= 0.3 is 0 Å². The van der Waals surface area contributed by atoms with E-state index >= 15 is 0 Å². The third-order valence-electron chi connectivity index (χ3n) is 16.7. The number of carbonyl (C=O) groups is 2. The van der Waals surface area contributed by atoms with E-state index in [9.17, 15) is 46.1 Å². The first-order valence-corrected chi connectivity index (χ1v) is 27.0. The molecule has 4 aliphatic rings. The zero-order valence-electron chi connectivity index (χ0n) is 44.0. The van der Waals surface area contributed by atoms with Crippen LogP contribution in [0.3, 0.4) is 0 Å². The monoisotopic (exact) mass is 1080 g/mol. The van der Waals surface area contributed by atoms with Crippen LogP contribution in [0.4, 0.5) is 26.3 Å². The molecule has 2 aromatic heterocycles. The molecular formula is C60H68F6N6O6. The second-order valence-electron chi connectivity index (χ2n) is 21.0. The number of piperidine rings is 4. The number of hydrogen-bond acceptors (Lipinski definition) is 8. The normalized spacial score (nSPS) is 18.7. The first-order valence-electron chi connectivity index (χ1n) is 27.0. The van der Waals surface area contributed by atoms with E-state index in [1.54, 1.807) is 24.0 Å². The Bertz CT molecular complexity index is 3050. The number of amides is 2. The Labute approximate surface area is 450 Å². The highest BCUT2D eigenvalue weighted by Crippen LogP contribution is 2.39. The Morgan fingerprint density at radius 2 is 1.03 bits per heavy atom. The molecule has 6 aromatic rings. The van der Waals surface area contributed by atoms with Gasteiger partial charge in [-0.05, 0) is 178 Å². The Morgan fingerprint density at radius 3 is 1.46 bits per heavy atom. The van der Waals surface area contributed by atoms with E-state index < -0.39 is 34.9 Å². The lowest BCUT2D eigenvalue weighted by Crippen LogP contribution is -2.50. The van der Waals surface area contributed by atoms with E-state index in [1.807, 2.05) is 24.3 Å². The minimum Gasteiger partial charge on any atom is -0.497 e. The van der Waals surface area contributed by atoms with E-state index in [2.05, 4.69) is 44.3 Å². The van der Waals surface area contributed by atoms with Crippen LogP contribution in [0.2, 0.25) is 0 Å². The maximum atomic E-state index is 13.4. The van der Waals surface area contributed by atoms with Gasteiger partial charge in [0, 0.05) is 85.2 Å². The molecule has 4 aliphatic heterocycles. The first kappa shape index (κ1) is 56.1. The highest BCUT2D eigenvalue weighted by molar-refractivity contribution is 5.92. The van der Waals surface area contributed by atoms with Crippen LogP contribution in [0.1, 0.15) is 85.5 Å². The van der Waals surface area contributed by atoms with Gasteiger partial charge in [0.1, 0.15) is 11.5 Å². The van der Waals surface area contributed by atoms with Crippen LogP contribution < -0.4 is 9.47 Å². The summed E-state index contributed by atoms with van der Waals surface area (Å²) in [4.78, 5) is 40.2. The molecular weight excluding hydrogens is 1010 g/mol. The van der Waals surface area contributed by atoms with E-state index in [0.717, 1.165) is 124 Å². The molecule has 0 radical (unpaired) electrons. The lowest BCUT2D eigenvalue weighted by atomic mass is 9.84. The number of fused-ring (bicyclic) bond motifs is 2. The van der Waals surface area contributed by atoms with Crippen molar-refractivity contribution in [1.29, 1.82) is 0 Å². The van der Waals surface area contributed by atoms with Crippen LogP contribution in [-0.2, 0) is 9.59 Å². The summed E-state index contributed by atoms with van der Waals surface area (Å²) < 4.78 is 90.9. The summed E-state index contributed by atoms with van der Waals surface area (Å²) in [7, 11) is 3.35. The minimum atomic E-state index is -1.53.